The van der Waals surface area contributed by atoms with Crippen LogP contribution in [0.25, 0.3) is 53.9 Å². The van der Waals surface area contributed by atoms with Crippen LogP contribution < -0.4 is 0 Å². The van der Waals surface area contributed by atoms with Gasteiger partial charge in [-0.15, -0.1) is 0 Å². The molecule has 0 aromatic heterocycles. The van der Waals surface area contributed by atoms with Gasteiger partial charge in [0.15, 0.2) is 0 Å². The third kappa shape index (κ3) is 2.16. The second-order valence-electron chi connectivity index (χ2n) is 7.67. The van der Waals surface area contributed by atoms with Crippen molar-refractivity contribution in [2.24, 2.45) is 0 Å². The first kappa shape index (κ1) is 16.7. The van der Waals surface area contributed by atoms with Crippen molar-refractivity contribution >= 4 is 53.9 Å². The van der Waals surface area contributed by atoms with Gasteiger partial charge in [0, 0.05) is 10.8 Å². The van der Waals surface area contributed by atoms with Gasteiger partial charge in [0.1, 0.15) is 23.0 Å². The van der Waals surface area contributed by atoms with Gasteiger partial charge in [-0.2, -0.15) is 0 Å². The van der Waals surface area contributed by atoms with E-state index in [1.807, 2.05) is 30.3 Å². The summed E-state index contributed by atoms with van der Waals surface area (Å²) in [4.78, 5) is 0. The second-order valence-corrected chi connectivity index (χ2v) is 7.67. The van der Waals surface area contributed by atoms with Crippen molar-refractivity contribution in [2.45, 2.75) is 0 Å². The molecule has 144 valence electrons. The van der Waals surface area contributed by atoms with Crippen LogP contribution in [0.4, 0.5) is 0 Å². The number of phenolic OH excluding ortho intramolecular Hbond substituents is 4. The van der Waals surface area contributed by atoms with Crippen molar-refractivity contribution in [3.8, 4) is 23.0 Å². The van der Waals surface area contributed by atoms with Gasteiger partial charge in [0.2, 0.25) is 0 Å². The Morgan fingerprint density at radius 2 is 0.833 bits per heavy atom. The molecule has 0 atom stereocenters. The van der Waals surface area contributed by atoms with E-state index in [2.05, 4.69) is 0 Å². The average molecular weight is 392 g/mol. The molecule has 0 bridgehead atoms. The fourth-order valence-electron chi connectivity index (χ4n) is 4.67. The first-order valence-corrected chi connectivity index (χ1v) is 9.60. The summed E-state index contributed by atoms with van der Waals surface area (Å²) in [5.41, 5.74) is 0. The molecule has 4 nitrogen and oxygen atoms in total. The number of benzene rings is 6. The van der Waals surface area contributed by atoms with Crippen LogP contribution in [-0.4, -0.2) is 20.4 Å². The van der Waals surface area contributed by atoms with Gasteiger partial charge in [0.05, 0.1) is 0 Å². The van der Waals surface area contributed by atoms with Crippen LogP contribution in [0.15, 0.2) is 72.8 Å². The number of hydrogen-bond acceptors (Lipinski definition) is 4. The number of rotatable bonds is 0. The highest BCUT2D eigenvalue weighted by Crippen LogP contribution is 2.45. The summed E-state index contributed by atoms with van der Waals surface area (Å²) in [7, 11) is 0. The molecule has 0 radical (unpaired) electrons. The van der Waals surface area contributed by atoms with Crippen LogP contribution in [-0.2, 0) is 0 Å². The predicted molar refractivity (Wildman–Crippen MR) is 121 cm³/mol. The van der Waals surface area contributed by atoms with E-state index in [-0.39, 0.29) is 23.0 Å². The second kappa shape index (κ2) is 5.67. The van der Waals surface area contributed by atoms with E-state index >= 15 is 0 Å². The standard InChI is InChI=1S/C26H16O4/c27-14-3-1-13-2-6-19-24(30)12-23-21-10-15(28)4-7-17(21)18-8-5-16(29)11-22(18)26(23)25(19)20(13)9-14/h1-12,27-30H. The first-order chi connectivity index (χ1) is 14.5. The molecule has 0 unspecified atom stereocenters. The molecular formula is C26H16O4. The summed E-state index contributed by atoms with van der Waals surface area (Å²) in [6.45, 7) is 0. The highest BCUT2D eigenvalue weighted by atomic mass is 16.3. The first-order valence-electron chi connectivity index (χ1n) is 9.60. The quantitative estimate of drug-likeness (QED) is 0.230. The lowest BCUT2D eigenvalue weighted by molar-refractivity contribution is 0.475. The summed E-state index contributed by atoms with van der Waals surface area (Å²) in [6, 6.07) is 21.1. The van der Waals surface area contributed by atoms with Crippen LogP contribution >= 0.6 is 0 Å². The fraction of sp³-hybridized carbons (Fsp3) is 0. The maximum absolute atomic E-state index is 10.9. The predicted octanol–water partition coefficient (Wildman–Crippen LogP) is 6.28. The zero-order valence-corrected chi connectivity index (χ0v) is 15.7. The van der Waals surface area contributed by atoms with E-state index in [9.17, 15) is 20.4 Å². The lowest BCUT2D eigenvalue weighted by atomic mass is 9.88. The van der Waals surface area contributed by atoms with Gasteiger partial charge in [-0.1, -0.05) is 30.3 Å². The van der Waals surface area contributed by atoms with E-state index in [1.54, 1.807) is 42.5 Å². The molecule has 0 heterocycles. The summed E-state index contributed by atoms with van der Waals surface area (Å²) >= 11 is 0. The van der Waals surface area contributed by atoms with Crippen molar-refractivity contribution in [3.05, 3.63) is 72.8 Å². The molecular weight excluding hydrogens is 376 g/mol. The van der Waals surface area contributed by atoms with Crippen LogP contribution in [0.2, 0.25) is 0 Å². The molecule has 0 saturated heterocycles. The molecule has 0 saturated carbocycles. The number of phenols is 4. The van der Waals surface area contributed by atoms with Gasteiger partial charge in [-0.3, -0.25) is 0 Å². The Balaban J connectivity index is 2.06. The highest BCUT2D eigenvalue weighted by molar-refractivity contribution is 6.36. The average Bonchev–Trinajstić information content (AvgIpc) is 2.73. The molecule has 4 N–H and O–H groups in total. The lowest BCUT2D eigenvalue weighted by Gasteiger charge is -2.16. The summed E-state index contributed by atoms with van der Waals surface area (Å²) in [6.07, 6.45) is 0. The largest absolute Gasteiger partial charge is 0.508 e. The van der Waals surface area contributed by atoms with Crippen LogP contribution in [0.3, 0.4) is 0 Å². The maximum Gasteiger partial charge on any atom is 0.124 e. The molecule has 0 aliphatic carbocycles. The minimum absolute atomic E-state index is 0.117. The molecule has 6 rings (SSSR count). The monoisotopic (exact) mass is 392 g/mol. The number of aromatic hydroxyl groups is 4. The minimum Gasteiger partial charge on any atom is -0.508 e. The maximum atomic E-state index is 10.9. The third-order valence-electron chi connectivity index (χ3n) is 5.94. The zero-order chi connectivity index (χ0) is 20.6. The van der Waals surface area contributed by atoms with Crippen molar-refractivity contribution in [1.29, 1.82) is 0 Å². The highest BCUT2D eigenvalue weighted by Gasteiger charge is 2.17. The van der Waals surface area contributed by atoms with E-state index in [0.29, 0.717) is 5.39 Å². The van der Waals surface area contributed by atoms with Crippen molar-refractivity contribution in [3.63, 3.8) is 0 Å². The summed E-state index contributed by atoms with van der Waals surface area (Å²) < 4.78 is 0. The molecule has 6 aromatic carbocycles. The number of hydrogen-bond donors (Lipinski definition) is 4. The van der Waals surface area contributed by atoms with Crippen molar-refractivity contribution in [1.82, 2.24) is 0 Å². The molecule has 0 fully saturated rings. The topological polar surface area (TPSA) is 80.9 Å². The van der Waals surface area contributed by atoms with Crippen LogP contribution in [0, 0.1) is 0 Å². The third-order valence-corrected chi connectivity index (χ3v) is 5.94. The van der Waals surface area contributed by atoms with Crippen LogP contribution in [0.5, 0.6) is 23.0 Å². The van der Waals surface area contributed by atoms with Gasteiger partial charge in [-0.05, 0) is 85.6 Å². The Hall–Kier alpha value is -4.18. The molecule has 30 heavy (non-hydrogen) atoms. The molecule has 0 aliphatic rings. The Morgan fingerprint density at radius 3 is 1.57 bits per heavy atom. The van der Waals surface area contributed by atoms with E-state index < -0.39 is 0 Å². The Bertz CT molecular complexity index is 1670. The molecule has 0 aliphatic heterocycles. The van der Waals surface area contributed by atoms with E-state index in [1.165, 1.54) is 0 Å². The summed E-state index contributed by atoms with van der Waals surface area (Å²) in [5.74, 6) is 0.535. The molecule has 6 aromatic rings. The van der Waals surface area contributed by atoms with Crippen LogP contribution in [0.1, 0.15) is 0 Å². The minimum atomic E-state index is 0.117. The fourth-order valence-corrected chi connectivity index (χ4v) is 4.67. The number of fused-ring (bicyclic) bond motifs is 10. The van der Waals surface area contributed by atoms with Crippen molar-refractivity contribution in [2.75, 3.05) is 0 Å². The Kier molecular flexibility index (Phi) is 3.17. The Morgan fingerprint density at radius 1 is 0.367 bits per heavy atom. The van der Waals surface area contributed by atoms with E-state index in [0.717, 1.165) is 48.5 Å². The SMILES string of the molecule is Oc1ccc2c3ccc(O)cc3c3c(cc(O)c4ccc5ccc(O)cc5c43)c2c1. The lowest BCUT2D eigenvalue weighted by Crippen LogP contribution is -1.88. The Labute approximate surface area is 170 Å². The van der Waals surface area contributed by atoms with E-state index in [4.69, 9.17) is 0 Å². The smallest absolute Gasteiger partial charge is 0.124 e. The molecule has 0 spiro atoms. The van der Waals surface area contributed by atoms with Gasteiger partial charge in [0.25, 0.3) is 0 Å². The normalized spacial score (nSPS) is 11.9. The van der Waals surface area contributed by atoms with Gasteiger partial charge >= 0.3 is 0 Å². The van der Waals surface area contributed by atoms with Gasteiger partial charge < -0.3 is 20.4 Å². The van der Waals surface area contributed by atoms with Gasteiger partial charge in [-0.25, -0.2) is 0 Å². The van der Waals surface area contributed by atoms with Crippen molar-refractivity contribution < 1.29 is 20.4 Å². The molecule has 4 heteroatoms. The summed E-state index contributed by atoms with van der Waals surface area (Å²) in [5, 5.41) is 49.7. The molecule has 0 amide bonds. The zero-order valence-electron chi connectivity index (χ0n) is 15.7.